The molecule has 1 heterocycles. The van der Waals surface area contributed by atoms with E-state index in [1.807, 2.05) is 7.85 Å². The molecule has 0 aliphatic carbocycles. The Bertz CT molecular complexity index is 568. The summed E-state index contributed by atoms with van der Waals surface area (Å²) >= 11 is 0. The van der Waals surface area contributed by atoms with Gasteiger partial charge in [0.15, 0.2) is 14.6 Å². The first-order valence-corrected chi connectivity index (χ1v) is 14.5. The Labute approximate surface area is 182 Å². The summed E-state index contributed by atoms with van der Waals surface area (Å²) < 4.78 is 34.7. The van der Waals surface area contributed by atoms with E-state index in [0.717, 1.165) is 0 Å². The third-order valence-corrected chi connectivity index (χ3v) is 12.1. The van der Waals surface area contributed by atoms with Crippen LogP contribution in [-0.4, -0.2) is 77.1 Å². The Morgan fingerprint density at radius 2 is 1.90 bits per heavy atom. The second-order valence-electron chi connectivity index (χ2n) is 9.64. The van der Waals surface area contributed by atoms with Crippen molar-refractivity contribution in [2.75, 3.05) is 13.2 Å². The molecule has 0 aromatic heterocycles. The smallest absolute Gasteiger partial charge is 0.261 e. The summed E-state index contributed by atoms with van der Waals surface area (Å²) in [4.78, 5) is 3.37. The fraction of sp³-hybridized carbons (Fsp3) is 0.947. The minimum Gasteiger partial charge on any atom is -0.409 e. The van der Waals surface area contributed by atoms with Gasteiger partial charge in [-0.25, -0.2) is 11.2 Å². The first kappa shape index (κ1) is 25.2. The van der Waals surface area contributed by atoms with Gasteiger partial charge in [-0.2, -0.15) is 0 Å². The van der Waals surface area contributed by atoms with Gasteiger partial charge in [-0.15, -0.1) is 0 Å². The van der Waals surface area contributed by atoms with Crippen LogP contribution >= 0.6 is 8.53 Å². The van der Waals surface area contributed by atoms with Crippen LogP contribution in [0.2, 0.25) is 18.1 Å². The Kier molecular flexibility index (Phi) is 9.58. The quantitative estimate of drug-likeness (QED) is 0.227. The number of aliphatic hydroxyl groups excluding tert-OH is 1. The fourth-order valence-corrected chi connectivity index (χ4v) is 5.93. The molecular weight excluding hydrogens is 406 g/mol. The summed E-state index contributed by atoms with van der Waals surface area (Å²) in [5.74, 6) is 0. The van der Waals surface area contributed by atoms with Gasteiger partial charge in [0.2, 0.25) is 7.98 Å². The maximum Gasteiger partial charge on any atom is 0.261 e. The summed E-state index contributed by atoms with van der Waals surface area (Å²) in [7, 11) is -1.66. The van der Waals surface area contributed by atoms with Gasteiger partial charge in [0.1, 0.15) is 20.6 Å². The van der Waals surface area contributed by atoms with Gasteiger partial charge < -0.3 is 23.6 Å². The average Bonchev–Trinajstić information content (AvgIpc) is 2.87. The topological polar surface area (TPSA) is 64.8 Å². The monoisotopic (exact) mass is 447 g/mol. The lowest BCUT2D eigenvalue weighted by Crippen LogP contribution is -2.49. The summed E-state index contributed by atoms with van der Waals surface area (Å²) in [6, 6.07) is 0.0844. The molecule has 0 bridgehead atoms. The highest BCUT2D eigenvalue weighted by atomic mass is 31.2. The van der Waals surface area contributed by atoms with Crippen molar-refractivity contribution < 1.29 is 23.3 Å². The SMILES string of the molecule is [2H]OC1[C@@H](OP(OCC[N+]#[C-])N(C(C)C)C(C)C)O[C@@H](B)[C@H]1O[Si](C)(C)C(C)(C)C. The van der Waals surface area contributed by atoms with Gasteiger partial charge in [-0.1, -0.05) is 20.8 Å². The molecule has 0 aromatic rings. The van der Waals surface area contributed by atoms with Crippen LogP contribution in [0.25, 0.3) is 4.85 Å². The number of ether oxygens (including phenoxy) is 1. The third kappa shape index (κ3) is 7.26. The van der Waals surface area contributed by atoms with Crippen molar-refractivity contribution in [1.82, 2.24) is 4.67 Å². The molecule has 1 N–H and O–H groups in total. The standard InChI is InChI=1S/C19H40BN2O5PSi/c1-13(2)22(14(3)4)28(24-12-11-21-8)26-18-15(23)16(17(20)25-18)27-29(9,10)19(5,6)7/h13-18,23H,11-12,20H2,1-7,9-10H3/t15?,16-,17+,18+,28?/m0/s1/i23D. The van der Waals surface area contributed by atoms with Gasteiger partial charge in [0, 0.05) is 12.1 Å². The normalized spacial score (nSPS) is 27.5. The predicted octanol–water partition coefficient (Wildman–Crippen LogP) is 3.35. The van der Waals surface area contributed by atoms with Crippen LogP contribution < -0.4 is 0 Å². The summed E-state index contributed by atoms with van der Waals surface area (Å²) in [5.41, 5.74) is 0. The molecule has 7 nitrogen and oxygen atoms in total. The van der Waals surface area contributed by atoms with Crippen LogP contribution in [0.3, 0.4) is 0 Å². The molecule has 10 heteroatoms. The van der Waals surface area contributed by atoms with Crippen molar-refractivity contribution >= 4 is 24.7 Å². The average molecular weight is 447 g/mol. The van der Waals surface area contributed by atoms with E-state index in [4.69, 9.17) is 31.3 Å². The zero-order chi connectivity index (χ0) is 23.3. The molecular formula is C19H40BN2O5PSi. The van der Waals surface area contributed by atoms with Gasteiger partial charge in [-0.3, -0.25) is 4.52 Å². The van der Waals surface area contributed by atoms with Crippen LogP contribution in [0.5, 0.6) is 0 Å². The molecule has 5 atom stereocenters. The van der Waals surface area contributed by atoms with Gasteiger partial charge >= 0.3 is 0 Å². The van der Waals surface area contributed by atoms with Crippen molar-refractivity contribution in [3.05, 3.63) is 11.4 Å². The molecule has 1 fully saturated rings. The molecule has 0 amide bonds. The molecule has 29 heavy (non-hydrogen) atoms. The predicted molar refractivity (Wildman–Crippen MR) is 123 cm³/mol. The first-order chi connectivity index (χ1) is 13.8. The first-order valence-electron chi connectivity index (χ1n) is 10.8. The van der Waals surface area contributed by atoms with E-state index in [1.165, 1.54) is 0 Å². The van der Waals surface area contributed by atoms with Crippen molar-refractivity contribution in [3.8, 4) is 0 Å². The van der Waals surface area contributed by atoms with Gasteiger partial charge in [0.05, 0.1) is 12.1 Å². The van der Waals surface area contributed by atoms with E-state index in [0.29, 0.717) is 0 Å². The molecule has 1 aliphatic heterocycles. The lowest BCUT2D eigenvalue weighted by Gasteiger charge is -2.40. The molecule has 0 spiro atoms. The molecule has 1 aliphatic rings. The minimum absolute atomic E-state index is 0.0276. The number of rotatable bonds is 11. The number of nitrogens with zero attached hydrogens (tertiary/aromatic N) is 2. The van der Waals surface area contributed by atoms with E-state index in [9.17, 15) is 0 Å². The highest BCUT2D eigenvalue weighted by Crippen LogP contribution is 2.49. The van der Waals surface area contributed by atoms with E-state index in [2.05, 4.69) is 71.1 Å². The third-order valence-electron chi connectivity index (χ3n) is 5.49. The molecule has 1 saturated heterocycles. The van der Waals surface area contributed by atoms with E-state index in [1.54, 1.807) is 0 Å². The van der Waals surface area contributed by atoms with Crippen molar-refractivity contribution in [1.29, 1.82) is 1.43 Å². The zero-order valence-corrected chi connectivity index (χ0v) is 21.7. The van der Waals surface area contributed by atoms with Gasteiger partial charge in [0.25, 0.3) is 8.53 Å². The summed E-state index contributed by atoms with van der Waals surface area (Å²) in [6.45, 7) is 26.8. The highest BCUT2D eigenvalue weighted by Gasteiger charge is 2.49. The molecule has 0 aromatic carbocycles. The summed E-state index contributed by atoms with van der Waals surface area (Å²) in [6.07, 6.45) is -1.84. The second-order valence-corrected chi connectivity index (χ2v) is 15.8. The number of hydrogen-bond acceptors (Lipinski definition) is 6. The van der Waals surface area contributed by atoms with Crippen molar-refractivity contribution in [2.45, 2.75) is 103 Å². The Morgan fingerprint density at radius 3 is 2.34 bits per heavy atom. The van der Waals surface area contributed by atoms with Crippen molar-refractivity contribution in [3.63, 3.8) is 0 Å². The van der Waals surface area contributed by atoms with Crippen LogP contribution in [0.1, 0.15) is 48.5 Å². The zero-order valence-electron chi connectivity index (χ0n) is 20.8. The maximum atomic E-state index is 7.69. The maximum absolute atomic E-state index is 7.69. The molecule has 0 saturated carbocycles. The Balaban J connectivity index is 3.05. The minimum atomic E-state index is -2.09. The van der Waals surface area contributed by atoms with E-state index in [-0.39, 0.29) is 42.4 Å². The van der Waals surface area contributed by atoms with Gasteiger partial charge in [-0.05, 0) is 45.8 Å². The molecule has 2 unspecified atom stereocenters. The Morgan fingerprint density at radius 1 is 1.31 bits per heavy atom. The van der Waals surface area contributed by atoms with Crippen LogP contribution in [0.4, 0.5) is 0 Å². The second kappa shape index (κ2) is 11.0. The lowest BCUT2D eigenvalue weighted by atomic mass is 9.94. The lowest BCUT2D eigenvalue weighted by molar-refractivity contribution is -0.104. The number of aliphatic hydroxyl groups is 1. The number of hydrogen-bond donors (Lipinski definition) is 1. The molecule has 1 rings (SSSR count). The van der Waals surface area contributed by atoms with E-state index >= 15 is 0 Å². The fourth-order valence-electron chi connectivity index (χ4n) is 2.93. The molecule has 0 radical (unpaired) electrons. The van der Waals surface area contributed by atoms with Crippen molar-refractivity contribution in [2.24, 2.45) is 0 Å². The van der Waals surface area contributed by atoms with Crippen LogP contribution in [0.15, 0.2) is 0 Å². The van der Waals surface area contributed by atoms with Crippen LogP contribution in [0, 0.1) is 6.57 Å². The molecule has 168 valence electrons. The highest BCUT2D eigenvalue weighted by molar-refractivity contribution is 7.44. The Hall–Kier alpha value is -0.0382. The van der Waals surface area contributed by atoms with Crippen LogP contribution in [-0.2, 0) is 18.2 Å². The van der Waals surface area contributed by atoms with E-state index < -0.39 is 29.2 Å². The largest absolute Gasteiger partial charge is 0.409 e. The summed E-state index contributed by atoms with van der Waals surface area (Å²) in [5, 5.41) is 5.11.